The minimum atomic E-state index is -3.83. The van der Waals surface area contributed by atoms with Gasteiger partial charge in [0.25, 0.3) is 0 Å². The lowest BCUT2D eigenvalue weighted by molar-refractivity contribution is -0.140. The lowest BCUT2D eigenvalue weighted by Gasteiger charge is -2.13. The van der Waals surface area contributed by atoms with E-state index in [1.165, 1.54) is 6.92 Å². The zero-order chi connectivity index (χ0) is 10.6. The third-order valence-corrected chi connectivity index (χ3v) is 2.45. The van der Waals surface area contributed by atoms with Crippen LogP contribution in [-0.2, 0) is 19.6 Å². The largest absolute Gasteiger partial charge is 0.441 e. The number of carbonyl (C=O) groups excluding carboxylic acids is 1. The van der Waals surface area contributed by atoms with Gasteiger partial charge in [-0.1, -0.05) is 13.5 Å². The number of ether oxygens (including phenoxy) is 1. The van der Waals surface area contributed by atoms with Crippen molar-refractivity contribution in [2.24, 2.45) is 5.14 Å². The summed E-state index contributed by atoms with van der Waals surface area (Å²) in [6.07, 6.45) is 0.123. The Morgan fingerprint density at radius 2 is 2.08 bits per heavy atom. The Morgan fingerprint density at radius 1 is 1.62 bits per heavy atom. The molecule has 0 rings (SSSR count). The molecule has 1 unspecified atom stereocenters. The molecular weight excluding hydrogens is 194 g/mol. The topological polar surface area (TPSA) is 86.5 Å². The van der Waals surface area contributed by atoms with Crippen LogP contribution in [0.4, 0.5) is 0 Å². The van der Waals surface area contributed by atoms with Gasteiger partial charge in [0, 0.05) is 5.57 Å². The number of nitrogens with two attached hydrogens (primary N) is 1. The molecule has 2 N–H and O–H groups in total. The normalized spacial score (nSPS) is 13.5. The van der Waals surface area contributed by atoms with Crippen molar-refractivity contribution in [1.82, 2.24) is 0 Å². The maximum atomic E-state index is 10.9. The van der Waals surface area contributed by atoms with Crippen molar-refractivity contribution in [1.29, 1.82) is 0 Å². The number of carbonyl (C=O) groups is 1. The van der Waals surface area contributed by atoms with E-state index in [1.54, 1.807) is 6.92 Å². The molecule has 0 aliphatic carbocycles. The molecule has 0 aromatic rings. The number of hydrogen-bond donors (Lipinski definition) is 1. The molecule has 76 valence electrons. The summed E-state index contributed by atoms with van der Waals surface area (Å²) in [5.74, 6) is -0.749. The molecule has 13 heavy (non-hydrogen) atoms. The molecule has 0 spiro atoms. The van der Waals surface area contributed by atoms with Gasteiger partial charge in [0.2, 0.25) is 15.5 Å². The standard InChI is InChI=1S/C7H13NO4S/c1-4-6(13(8,10)11)12-7(9)5(2)3/h6H,2,4H2,1,3H3,(H2,8,10,11). The fourth-order valence-electron chi connectivity index (χ4n) is 0.603. The van der Waals surface area contributed by atoms with Gasteiger partial charge in [-0.2, -0.15) is 0 Å². The summed E-state index contributed by atoms with van der Waals surface area (Å²) in [5, 5.41) is 4.80. The highest BCUT2D eigenvalue weighted by Gasteiger charge is 2.23. The van der Waals surface area contributed by atoms with Gasteiger partial charge < -0.3 is 4.74 Å². The third-order valence-electron chi connectivity index (χ3n) is 1.29. The molecule has 0 aliphatic heterocycles. The maximum Gasteiger partial charge on any atom is 0.334 e. The van der Waals surface area contributed by atoms with E-state index >= 15 is 0 Å². The average Bonchev–Trinajstić information content (AvgIpc) is 1.96. The molecule has 0 aromatic heterocycles. The van der Waals surface area contributed by atoms with E-state index in [9.17, 15) is 13.2 Å². The fourth-order valence-corrected chi connectivity index (χ4v) is 1.29. The first-order valence-electron chi connectivity index (χ1n) is 3.67. The van der Waals surface area contributed by atoms with Crippen LogP contribution in [0.2, 0.25) is 0 Å². The average molecular weight is 207 g/mol. The summed E-state index contributed by atoms with van der Waals surface area (Å²) >= 11 is 0. The van der Waals surface area contributed by atoms with Crippen LogP contribution in [0.3, 0.4) is 0 Å². The molecular formula is C7H13NO4S. The molecule has 6 heteroatoms. The highest BCUT2D eigenvalue weighted by Crippen LogP contribution is 2.06. The molecule has 0 aliphatic rings. The third kappa shape index (κ3) is 4.05. The summed E-state index contributed by atoms with van der Waals surface area (Å²) in [7, 11) is -3.83. The van der Waals surface area contributed by atoms with E-state index in [2.05, 4.69) is 11.3 Å². The second-order valence-electron chi connectivity index (χ2n) is 2.61. The number of hydrogen-bond acceptors (Lipinski definition) is 4. The van der Waals surface area contributed by atoms with Gasteiger partial charge in [-0.15, -0.1) is 0 Å². The second-order valence-corrected chi connectivity index (χ2v) is 4.32. The van der Waals surface area contributed by atoms with Crippen molar-refractivity contribution in [2.45, 2.75) is 25.7 Å². The van der Waals surface area contributed by atoms with Gasteiger partial charge in [-0.25, -0.2) is 18.4 Å². The monoisotopic (exact) mass is 207 g/mol. The minimum absolute atomic E-state index is 0.123. The van der Waals surface area contributed by atoms with Crippen LogP contribution >= 0.6 is 0 Å². The molecule has 0 saturated heterocycles. The Hall–Kier alpha value is -0.880. The van der Waals surface area contributed by atoms with Crippen molar-refractivity contribution in [3.63, 3.8) is 0 Å². The summed E-state index contributed by atoms with van der Waals surface area (Å²) in [4.78, 5) is 10.9. The smallest absolute Gasteiger partial charge is 0.334 e. The van der Waals surface area contributed by atoms with Crippen LogP contribution < -0.4 is 5.14 Å². The lowest BCUT2D eigenvalue weighted by Crippen LogP contribution is -2.32. The molecule has 0 bridgehead atoms. The first-order valence-corrected chi connectivity index (χ1v) is 5.28. The van der Waals surface area contributed by atoms with Gasteiger partial charge in [0.1, 0.15) is 0 Å². The quantitative estimate of drug-likeness (QED) is 0.524. The van der Waals surface area contributed by atoms with Gasteiger partial charge in [0.15, 0.2) is 0 Å². The van der Waals surface area contributed by atoms with E-state index in [1.807, 2.05) is 0 Å². The predicted molar refractivity (Wildman–Crippen MR) is 48.1 cm³/mol. The van der Waals surface area contributed by atoms with Crippen LogP contribution in [-0.4, -0.2) is 19.8 Å². The molecule has 0 fully saturated rings. The van der Waals surface area contributed by atoms with Crippen LogP contribution in [0.1, 0.15) is 20.3 Å². The van der Waals surface area contributed by atoms with Crippen LogP contribution in [0.15, 0.2) is 12.2 Å². The van der Waals surface area contributed by atoms with E-state index in [0.29, 0.717) is 0 Å². The highest BCUT2D eigenvalue weighted by molar-refractivity contribution is 7.89. The van der Waals surface area contributed by atoms with Crippen LogP contribution in [0, 0.1) is 0 Å². The number of esters is 1. The summed E-state index contributed by atoms with van der Waals surface area (Å²) < 4.78 is 26.2. The summed E-state index contributed by atoms with van der Waals surface area (Å²) in [5.41, 5.74) is -1.14. The molecule has 0 radical (unpaired) electrons. The van der Waals surface area contributed by atoms with Crippen LogP contribution in [0.25, 0.3) is 0 Å². The molecule has 0 amide bonds. The Bertz CT molecular complexity index is 306. The zero-order valence-corrected chi connectivity index (χ0v) is 8.43. The van der Waals surface area contributed by atoms with E-state index in [0.717, 1.165) is 0 Å². The minimum Gasteiger partial charge on any atom is -0.441 e. The van der Waals surface area contributed by atoms with Gasteiger partial charge in [0.05, 0.1) is 0 Å². The van der Waals surface area contributed by atoms with Crippen molar-refractivity contribution < 1.29 is 17.9 Å². The number of rotatable bonds is 4. The molecule has 0 aromatic carbocycles. The van der Waals surface area contributed by atoms with Crippen molar-refractivity contribution in [2.75, 3.05) is 0 Å². The van der Waals surface area contributed by atoms with E-state index in [-0.39, 0.29) is 12.0 Å². The Balaban J connectivity index is 4.49. The molecule has 1 atom stereocenters. The first-order chi connectivity index (χ1) is 5.79. The Morgan fingerprint density at radius 3 is 2.31 bits per heavy atom. The van der Waals surface area contributed by atoms with Crippen molar-refractivity contribution in [3.8, 4) is 0 Å². The van der Waals surface area contributed by atoms with E-state index in [4.69, 9.17) is 5.14 Å². The van der Waals surface area contributed by atoms with Gasteiger partial charge >= 0.3 is 5.97 Å². The fraction of sp³-hybridized carbons (Fsp3) is 0.571. The molecule has 5 nitrogen and oxygen atoms in total. The van der Waals surface area contributed by atoms with Gasteiger partial charge in [-0.05, 0) is 13.3 Å². The molecule has 0 saturated carbocycles. The number of primary sulfonamides is 1. The first kappa shape index (κ1) is 12.1. The Labute approximate surface area is 77.6 Å². The lowest BCUT2D eigenvalue weighted by atomic mass is 10.4. The number of sulfonamides is 1. The maximum absolute atomic E-state index is 10.9. The second kappa shape index (κ2) is 4.38. The summed E-state index contributed by atoms with van der Waals surface area (Å²) in [6.45, 7) is 6.30. The SMILES string of the molecule is C=C(C)C(=O)OC(CC)S(N)(=O)=O. The van der Waals surface area contributed by atoms with Crippen molar-refractivity contribution in [3.05, 3.63) is 12.2 Å². The van der Waals surface area contributed by atoms with Crippen molar-refractivity contribution >= 4 is 16.0 Å². The van der Waals surface area contributed by atoms with Crippen LogP contribution in [0.5, 0.6) is 0 Å². The van der Waals surface area contributed by atoms with Gasteiger partial charge in [-0.3, -0.25) is 0 Å². The zero-order valence-electron chi connectivity index (χ0n) is 7.61. The highest BCUT2D eigenvalue weighted by atomic mass is 32.2. The predicted octanol–water partition coefficient (Wildman–Crippen LogP) is 0.130. The summed E-state index contributed by atoms with van der Waals surface area (Å²) in [6, 6.07) is 0. The van der Waals surface area contributed by atoms with E-state index < -0.39 is 21.4 Å². The Kier molecular flexibility index (Phi) is 4.09. The molecule has 0 heterocycles.